The van der Waals surface area contributed by atoms with Crippen molar-refractivity contribution in [3.63, 3.8) is 0 Å². The van der Waals surface area contributed by atoms with Crippen LogP contribution in [0.15, 0.2) is 6.20 Å². The number of hydrogen-bond donors (Lipinski definition) is 1. The van der Waals surface area contributed by atoms with Gasteiger partial charge in [0.25, 0.3) is 0 Å². The van der Waals surface area contributed by atoms with Gasteiger partial charge in [0.2, 0.25) is 0 Å². The van der Waals surface area contributed by atoms with Crippen molar-refractivity contribution in [2.24, 2.45) is 11.7 Å². The molecule has 2 N–H and O–H groups in total. The zero-order chi connectivity index (χ0) is 11.2. The van der Waals surface area contributed by atoms with E-state index >= 15 is 0 Å². The maximum Gasteiger partial charge on any atom is 0.0827 e. The quantitative estimate of drug-likeness (QED) is 0.746. The minimum Gasteiger partial charge on any atom is -0.330 e. The van der Waals surface area contributed by atoms with E-state index in [1.165, 1.54) is 25.7 Å². The number of nitrogens with two attached hydrogens (primary N) is 1. The number of aromatic nitrogens is 3. The molecule has 0 bridgehead atoms. The minimum atomic E-state index is 0.774. The smallest absolute Gasteiger partial charge is 0.0827 e. The molecule has 1 aliphatic carbocycles. The summed E-state index contributed by atoms with van der Waals surface area (Å²) in [7, 11) is 0. The number of hydrogen-bond acceptors (Lipinski definition) is 3. The van der Waals surface area contributed by atoms with Gasteiger partial charge in [-0.3, -0.25) is 4.68 Å². The van der Waals surface area contributed by atoms with Gasteiger partial charge in [-0.15, -0.1) is 5.10 Å². The highest BCUT2D eigenvalue weighted by atomic mass is 15.4. The van der Waals surface area contributed by atoms with Crippen LogP contribution in [-0.2, 0) is 13.0 Å². The van der Waals surface area contributed by atoms with Crippen LogP contribution in [0.2, 0.25) is 0 Å². The Bertz CT molecular complexity index is 302. The molecule has 0 radical (unpaired) electrons. The molecule has 4 nitrogen and oxygen atoms in total. The molecule has 2 rings (SSSR count). The highest BCUT2D eigenvalue weighted by Gasteiger charge is 2.15. The fourth-order valence-electron chi connectivity index (χ4n) is 2.45. The van der Waals surface area contributed by atoms with Crippen molar-refractivity contribution in [2.75, 3.05) is 6.54 Å². The summed E-state index contributed by atoms with van der Waals surface area (Å²) in [4.78, 5) is 0. The highest BCUT2D eigenvalue weighted by Crippen LogP contribution is 2.25. The van der Waals surface area contributed by atoms with Gasteiger partial charge in [0.15, 0.2) is 0 Å². The Morgan fingerprint density at radius 1 is 1.31 bits per heavy atom. The standard InChI is InChI=1S/C12H22N4/c13-8-4-3-7-12-10-16(15-14-12)9-11-5-1-2-6-11/h10-11H,1-9,13H2. The molecule has 1 heterocycles. The van der Waals surface area contributed by atoms with E-state index in [1.807, 2.05) is 4.68 Å². The fraction of sp³-hybridized carbons (Fsp3) is 0.833. The minimum absolute atomic E-state index is 0.774. The molecule has 1 fully saturated rings. The van der Waals surface area contributed by atoms with E-state index in [0.29, 0.717) is 0 Å². The largest absolute Gasteiger partial charge is 0.330 e. The molecule has 1 aliphatic rings. The monoisotopic (exact) mass is 222 g/mol. The Morgan fingerprint density at radius 3 is 2.88 bits per heavy atom. The summed E-state index contributed by atoms with van der Waals surface area (Å²) in [5.74, 6) is 0.832. The number of rotatable bonds is 6. The van der Waals surface area contributed by atoms with Gasteiger partial charge in [-0.25, -0.2) is 0 Å². The first-order valence-corrected chi connectivity index (χ1v) is 6.47. The molecule has 90 valence electrons. The Hall–Kier alpha value is -0.900. The van der Waals surface area contributed by atoms with Gasteiger partial charge in [0.05, 0.1) is 5.69 Å². The van der Waals surface area contributed by atoms with E-state index in [9.17, 15) is 0 Å². The summed E-state index contributed by atoms with van der Waals surface area (Å²) in [5, 5.41) is 8.40. The number of unbranched alkanes of at least 4 members (excludes halogenated alkanes) is 1. The van der Waals surface area contributed by atoms with Crippen molar-refractivity contribution < 1.29 is 0 Å². The van der Waals surface area contributed by atoms with Crippen molar-refractivity contribution >= 4 is 0 Å². The maximum atomic E-state index is 5.47. The molecule has 0 spiro atoms. The van der Waals surface area contributed by atoms with Crippen molar-refractivity contribution in [1.82, 2.24) is 15.0 Å². The van der Waals surface area contributed by atoms with Gasteiger partial charge in [0.1, 0.15) is 0 Å². The van der Waals surface area contributed by atoms with Crippen LogP contribution in [0.5, 0.6) is 0 Å². The lowest BCUT2D eigenvalue weighted by Crippen LogP contribution is -2.07. The molecule has 0 aromatic carbocycles. The average Bonchev–Trinajstić information content (AvgIpc) is 2.91. The van der Waals surface area contributed by atoms with Gasteiger partial charge in [0, 0.05) is 12.7 Å². The first-order chi connectivity index (χ1) is 7.88. The van der Waals surface area contributed by atoms with E-state index < -0.39 is 0 Å². The van der Waals surface area contributed by atoms with Gasteiger partial charge in [-0.05, 0) is 44.6 Å². The third-order valence-electron chi connectivity index (χ3n) is 3.39. The second-order valence-electron chi connectivity index (χ2n) is 4.83. The maximum absolute atomic E-state index is 5.47. The normalized spacial score (nSPS) is 17.1. The second kappa shape index (κ2) is 5.99. The van der Waals surface area contributed by atoms with E-state index in [0.717, 1.165) is 44.0 Å². The van der Waals surface area contributed by atoms with Crippen LogP contribution in [0.25, 0.3) is 0 Å². The predicted molar refractivity (Wildman–Crippen MR) is 64.0 cm³/mol. The molecular weight excluding hydrogens is 200 g/mol. The summed E-state index contributed by atoms with van der Waals surface area (Å²) < 4.78 is 2.02. The first kappa shape index (κ1) is 11.6. The van der Waals surface area contributed by atoms with E-state index in [2.05, 4.69) is 16.5 Å². The Morgan fingerprint density at radius 2 is 2.12 bits per heavy atom. The zero-order valence-electron chi connectivity index (χ0n) is 9.94. The van der Waals surface area contributed by atoms with Crippen molar-refractivity contribution in [3.8, 4) is 0 Å². The molecule has 0 atom stereocenters. The van der Waals surface area contributed by atoms with Crippen LogP contribution in [0, 0.1) is 5.92 Å². The highest BCUT2D eigenvalue weighted by molar-refractivity contribution is 4.92. The second-order valence-corrected chi connectivity index (χ2v) is 4.83. The lowest BCUT2D eigenvalue weighted by molar-refractivity contribution is 0.421. The molecule has 1 aromatic heterocycles. The van der Waals surface area contributed by atoms with Crippen LogP contribution in [0.4, 0.5) is 0 Å². The number of aryl methyl sites for hydroxylation is 1. The first-order valence-electron chi connectivity index (χ1n) is 6.47. The lowest BCUT2D eigenvalue weighted by atomic mass is 10.1. The van der Waals surface area contributed by atoms with E-state index in [-0.39, 0.29) is 0 Å². The molecule has 1 saturated carbocycles. The number of nitrogens with zero attached hydrogens (tertiary/aromatic N) is 3. The lowest BCUT2D eigenvalue weighted by Gasteiger charge is -2.06. The van der Waals surface area contributed by atoms with Crippen LogP contribution in [0.3, 0.4) is 0 Å². The molecule has 4 heteroatoms. The van der Waals surface area contributed by atoms with Crippen molar-refractivity contribution in [1.29, 1.82) is 0 Å². The fourth-order valence-corrected chi connectivity index (χ4v) is 2.45. The molecule has 16 heavy (non-hydrogen) atoms. The van der Waals surface area contributed by atoms with Crippen molar-refractivity contribution in [3.05, 3.63) is 11.9 Å². The molecule has 1 aromatic rings. The Labute approximate surface area is 97.2 Å². The summed E-state index contributed by atoms with van der Waals surface area (Å²) in [6.07, 6.45) is 10.8. The zero-order valence-corrected chi connectivity index (χ0v) is 9.94. The average molecular weight is 222 g/mol. The third-order valence-corrected chi connectivity index (χ3v) is 3.39. The van der Waals surface area contributed by atoms with Gasteiger partial charge < -0.3 is 5.73 Å². The van der Waals surface area contributed by atoms with Gasteiger partial charge >= 0.3 is 0 Å². The third kappa shape index (κ3) is 3.30. The molecule has 0 aliphatic heterocycles. The summed E-state index contributed by atoms with van der Waals surface area (Å²) >= 11 is 0. The molecule has 0 amide bonds. The summed E-state index contributed by atoms with van der Waals surface area (Å²) in [6.45, 7) is 1.83. The molecule has 0 saturated heterocycles. The van der Waals surface area contributed by atoms with Gasteiger partial charge in [-0.1, -0.05) is 18.1 Å². The summed E-state index contributed by atoms with van der Waals surface area (Å²) in [5.41, 5.74) is 6.58. The van der Waals surface area contributed by atoms with Crippen molar-refractivity contribution in [2.45, 2.75) is 51.5 Å². The van der Waals surface area contributed by atoms with E-state index in [4.69, 9.17) is 5.73 Å². The van der Waals surface area contributed by atoms with Crippen LogP contribution >= 0.6 is 0 Å². The van der Waals surface area contributed by atoms with Gasteiger partial charge in [-0.2, -0.15) is 0 Å². The van der Waals surface area contributed by atoms with Crippen LogP contribution < -0.4 is 5.73 Å². The predicted octanol–water partition coefficient (Wildman–Crippen LogP) is 1.75. The Balaban J connectivity index is 1.77. The topological polar surface area (TPSA) is 56.7 Å². The SMILES string of the molecule is NCCCCc1cn(CC2CCCC2)nn1. The molecule has 0 unspecified atom stereocenters. The molecular formula is C12H22N4. The van der Waals surface area contributed by atoms with Crippen LogP contribution in [-0.4, -0.2) is 21.5 Å². The van der Waals surface area contributed by atoms with E-state index in [1.54, 1.807) is 0 Å². The van der Waals surface area contributed by atoms with Crippen LogP contribution in [0.1, 0.15) is 44.2 Å². The summed E-state index contributed by atoms with van der Waals surface area (Å²) in [6, 6.07) is 0. The Kier molecular flexibility index (Phi) is 4.34.